The molecule has 0 atom stereocenters. The average Bonchev–Trinajstić information content (AvgIpc) is 2.17. The molecule has 1 aromatic rings. The number of halogens is 1. The van der Waals surface area contributed by atoms with E-state index in [1.54, 1.807) is 20.1 Å². The lowest BCUT2D eigenvalue weighted by atomic mass is 10.1. The Morgan fingerprint density at radius 3 is 2.79 bits per heavy atom. The van der Waals surface area contributed by atoms with Crippen LogP contribution in [-0.4, -0.2) is 7.11 Å². The number of ether oxygens (including phenoxy) is 1. The number of hydrogen-bond donors (Lipinski definition) is 0. The highest BCUT2D eigenvalue weighted by Crippen LogP contribution is 2.22. The molecule has 3 heteroatoms. The van der Waals surface area contributed by atoms with Gasteiger partial charge in [-0.2, -0.15) is 5.26 Å². The van der Waals surface area contributed by atoms with Gasteiger partial charge >= 0.3 is 0 Å². The van der Waals surface area contributed by atoms with Crippen LogP contribution in [-0.2, 0) is 6.42 Å². The molecular formula is C11H12FNO. The highest BCUT2D eigenvalue weighted by molar-refractivity contribution is 5.37. The number of benzene rings is 1. The smallest absolute Gasteiger partial charge is 0.126 e. The molecule has 0 aliphatic carbocycles. The molecule has 0 spiro atoms. The zero-order chi connectivity index (χ0) is 10.6. The maximum Gasteiger partial charge on any atom is 0.126 e. The fourth-order valence-electron chi connectivity index (χ4n) is 1.30. The standard InChI is InChI=1S/C11H12FNO/c1-8-6-10(12)9(4-3-5-13)7-11(8)14-2/h6-7H,3-4H2,1-2H3. The number of methoxy groups -OCH3 is 1. The summed E-state index contributed by atoms with van der Waals surface area (Å²) in [4.78, 5) is 0. The second kappa shape index (κ2) is 4.61. The lowest BCUT2D eigenvalue weighted by Crippen LogP contribution is -1.95. The molecule has 0 N–H and O–H groups in total. The maximum atomic E-state index is 13.3. The van der Waals surface area contributed by atoms with E-state index in [0.29, 0.717) is 24.2 Å². The van der Waals surface area contributed by atoms with Crippen molar-refractivity contribution in [2.24, 2.45) is 0 Å². The van der Waals surface area contributed by atoms with Gasteiger partial charge in [0.2, 0.25) is 0 Å². The molecular weight excluding hydrogens is 181 g/mol. The monoisotopic (exact) mass is 193 g/mol. The predicted molar refractivity (Wildman–Crippen MR) is 51.6 cm³/mol. The van der Waals surface area contributed by atoms with Crippen molar-refractivity contribution in [1.29, 1.82) is 5.26 Å². The third-order valence-corrected chi connectivity index (χ3v) is 2.07. The van der Waals surface area contributed by atoms with Gasteiger partial charge in [0, 0.05) is 6.42 Å². The third kappa shape index (κ3) is 2.23. The van der Waals surface area contributed by atoms with Crippen LogP contribution in [0.3, 0.4) is 0 Å². The zero-order valence-electron chi connectivity index (χ0n) is 8.30. The van der Waals surface area contributed by atoms with Crippen molar-refractivity contribution < 1.29 is 9.13 Å². The van der Waals surface area contributed by atoms with E-state index in [1.807, 2.05) is 6.07 Å². The second-order valence-electron chi connectivity index (χ2n) is 3.07. The Morgan fingerprint density at radius 1 is 1.50 bits per heavy atom. The van der Waals surface area contributed by atoms with Crippen LogP contribution in [0.1, 0.15) is 17.5 Å². The molecule has 0 bridgehead atoms. The number of aryl methyl sites for hydroxylation is 2. The summed E-state index contributed by atoms with van der Waals surface area (Å²) in [6, 6.07) is 5.08. The average molecular weight is 193 g/mol. The van der Waals surface area contributed by atoms with E-state index in [9.17, 15) is 4.39 Å². The quantitative estimate of drug-likeness (QED) is 0.739. The Balaban J connectivity index is 2.99. The van der Waals surface area contributed by atoms with Crippen molar-refractivity contribution in [3.8, 4) is 11.8 Å². The Kier molecular flexibility index (Phi) is 3.47. The number of nitrogens with zero attached hydrogens (tertiary/aromatic N) is 1. The van der Waals surface area contributed by atoms with Crippen LogP contribution in [0.5, 0.6) is 5.75 Å². The highest BCUT2D eigenvalue weighted by atomic mass is 19.1. The lowest BCUT2D eigenvalue weighted by Gasteiger charge is -2.07. The molecule has 0 saturated heterocycles. The number of nitriles is 1. The minimum absolute atomic E-state index is 0.265. The summed E-state index contributed by atoms with van der Waals surface area (Å²) < 4.78 is 18.4. The maximum absolute atomic E-state index is 13.3. The van der Waals surface area contributed by atoms with Crippen LogP contribution in [0.4, 0.5) is 4.39 Å². The predicted octanol–water partition coefficient (Wildman–Crippen LogP) is 2.60. The van der Waals surface area contributed by atoms with E-state index >= 15 is 0 Å². The highest BCUT2D eigenvalue weighted by Gasteiger charge is 2.06. The zero-order valence-corrected chi connectivity index (χ0v) is 8.30. The number of hydrogen-bond acceptors (Lipinski definition) is 2. The van der Waals surface area contributed by atoms with Gasteiger partial charge in [-0.15, -0.1) is 0 Å². The summed E-state index contributed by atoms with van der Waals surface area (Å²) in [6.45, 7) is 1.79. The summed E-state index contributed by atoms with van der Waals surface area (Å²) in [6.07, 6.45) is 0.752. The van der Waals surface area contributed by atoms with Crippen molar-refractivity contribution in [3.63, 3.8) is 0 Å². The molecule has 0 unspecified atom stereocenters. The van der Waals surface area contributed by atoms with Crippen LogP contribution in [0, 0.1) is 24.1 Å². The van der Waals surface area contributed by atoms with Crippen molar-refractivity contribution >= 4 is 0 Å². The first-order valence-corrected chi connectivity index (χ1v) is 4.39. The Morgan fingerprint density at radius 2 is 2.21 bits per heavy atom. The molecule has 0 aromatic heterocycles. The van der Waals surface area contributed by atoms with Gasteiger partial charge in [0.05, 0.1) is 13.2 Å². The summed E-state index contributed by atoms with van der Waals surface area (Å²) in [5.74, 6) is 0.401. The van der Waals surface area contributed by atoms with Crippen molar-refractivity contribution in [3.05, 3.63) is 29.1 Å². The van der Waals surface area contributed by atoms with E-state index in [4.69, 9.17) is 10.00 Å². The SMILES string of the molecule is COc1cc(CCC#N)c(F)cc1C. The van der Waals surface area contributed by atoms with E-state index in [-0.39, 0.29) is 5.82 Å². The molecule has 0 aliphatic heterocycles. The number of rotatable bonds is 3. The van der Waals surface area contributed by atoms with Crippen LogP contribution >= 0.6 is 0 Å². The van der Waals surface area contributed by atoms with Crippen LogP contribution in [0.2, 0.25) is 0 Å². The Bertz CT molecular complexity index is 368. The molecule has 2 nitrogen and oxygen atoms in total. The molecule has 0 fully saturated rings. The van der Waals surface area contributed by atoms with Gasteiger partial charge < -0.3 is 4.74 Å². The molecule has 0 aliphatic rings. The van der Waals surface area contributed by atoms with Crippen LogP contribution in [0.15, 0.2) is 12.1 Å². The molecule has 0 amide bonds. The van der Waals surface area contributed by atoms with E-state index in [1.165, 1.54) is 6.07 Å². The first-order valence-electron chi connectivity index (χ1n) is 4.39. The topological polar surface area (TPSA) is 33.0 Å². The van der Waals surface area contributed by atoms with Gasteiger partial charge in [0.1, 0.15) is 11.6 Å². The largest absolute Gasteiger partial charge is 0.496 e. The van der Waals surface area contributed by atoms with E-state index < -0.39 is 0 Å². The minimum atomic E-state index is -0.265. The molecule has 14 heavy (non-hydrogen) atoms. The summed E-state index contributed by atoms with van der Waals surface area (Å²) in [5.41, 5.74) is 1.31. The summed E-state index contributed by atoms with van der Waals surface area (Å²) in [7, 11) is 1.55. The summed E-state index contributed by atoms with van der Waals surface area (Å²) in [5, 5.41) is 8.40. The third-order valence-electron chi connectivity index (χ3n) is 2.07. The first kappa shape index (κ1) is 10.5. The molecule has 74 valence electrons. The van der Waals surface area contributed by atoms with E-state index in [2.05, 4.69) is 0 Å². The Labute approximate surface area is 82.9 Å². The van der Waals surface area contributed by atoms with Gasteiger partial charge in [0.15, 0.2) is 0 Å². The lowest BCUT2D eigenvalue weighted by molar-refractivity contribution is 0.409. The fourth-order valence-corrected chi connectivity index (χ4v) is 1.30. The molecule has 1 aromatic carbocycles. The van der Waals surface area contributed by atoms with Gasteiger partial charge in [-0.3, -0.25) is 0 Å². The fraction of sp³-hybridized carbons (Fsp3) is 0.364. The molecule has 0 radical (unpaired) electrons. The van der Waals surface area contributed by atoms with E-state index in [0.717, 1.165) is 5.56 Å². The minimum Gasteiger partial charge on any atom is -0.496 e. The van der Waals surface area contributed by atoms with Crippen molar-refractivity contribution in [2.75, 3.05) is 7.11 Å². The van der Waals surface area contributed by atoms with Gasteiger partial charge in [-0.25, -0.2) is 4.39 Å². The van der Waals surface area contributed by atoms with Crippen LogP contribution < -0.4 is 4.74 Å². The molecule has 0 heterocycles. The van der Waals surface area contributed by atoms with Crippen LogP contribution in [0.25, 0.3) is 0 Å². The summed E-state index contributed by atoms with van der Waals surface area (Å²) >= 11 is 0. The van der Waals surface area contributed by atoms with Gasteiger partial charge in [-0.05, 0) is 36.6 Å². The van der Waals surface area contributed by atoms with Gasteiger partial charge in [0.25, 0.3) is 0 Å². The van der Waals surface area contributed by atoms with Gasteiger partial charge in [-0.1, -0.05) is 0 Å². The Hall–Kier alpha value is -1.56. The van der Waals surface area contributed by atoms with Crippen molar-refractivity contribution in [2.45, 2.75) is 19.8 Å². The first-order chi connectivity index (χ1) is 6.69. The normalized spacial score (nSPS) is 9.57. The molecule has 1 rings (SSSR count). The molecule has 0 saturated carbocycles. The second-order valence-corrected chi connectivity index (χ2v) is 3.07. The van der Waals surface area contributed by atoms with Crippen molar-refractivity contribution in [1.82, 2.24) is 0 Å².